The number of amides is 2. The smallest absolute Gasteiger partial charge is 0.251 e. The van der Waals surface area contributed by atoms with E-state index >= 15 is 0 Å². The van der Waals surface area contributed by atoms with Gasteiger partial charge in [-0.15, -0.1) is 0 Å². The van der Waals surface area contributed by atoms with E-state index in [-0.39, 0.29) is 24.5 Å². The maximum Gasteiger partial charge on any atom is 0.251 e. The van der Waals surface area contributed by atoms with Gasteiger partial charge >= 0.3 is 0 Å². The number of benzene rings is 2. The van der Waals surface area contributed by atoms with E-state index in [1.807, 2.05) is 13.8 Å². The number of aryl methyl sites for hydroxylation is 3. The van der Waals surface area contributed by atoms with E-state index in [0.29, 0.717) is 17.9 Å². The quantitative estimate of drug-likeness (QED) is 0.652. The van der Waals surface area contributed by atoms with Gasteiger partial charge in [-0.2, -0.15) is 0 Å². The highest BCUT2D eigenvalue weighted by molar-refractivity contribution is 5.96. The van der Waals surface area contributed by atoms with Gasteiger partial charge in [-0.1, -0.05) is 23.8 Å². The zero-order valence-corrected chi connectivity index (χ0v) is 17.2. The minimum Gasteiger partial charge on any atom is -0.491 e. The summed E-state index contributed by atoms with van der Waals surface area (Å²) in [6, 6.07) is 13.3. The minimum atomic E-state index is -0.276. The van der Waals surface area contributed by atoms with E-state index in [1.54, 1.807) is 24.3 Å². The molecule has 0 unspecified atom stereocenters. The van der Waals surface area contributed by atoms with Crippen molar-refractivity contribution in [3.63, 3.8) is 0 Å². The number of carbonyl (C=O) groups excluding carboxylic acids is 2. The van der Waals surface area contributed by atoms with Crippen LogP contribution in [0.4, 0.5) is 0 Å². The molecule has 0 spiro atoms. The van der Waals surface area contributed by atoms with Crippen molar-refractivity contribution in [1.82, 2.24) is 10.6 Å². The Kier molecular flexibility index (Phi) is 8.05. The highest BCUT2D eigenvalue weighted by Crippen LogP contribution is 2.14. The first-order chi connectivity index (χ1) is 13.3. The van der Waals surface area contributed by atoms with Crippen LogP contribution in [0.15, 0.2) is 42.5 Å². The van der Waals surface area contributed by atoms with Crippen molar-refractivity contribution in [3.05, 3.63) is 64.7 Å². The summed E-state index contributed by atoms with van der Waals surface area (Å²) < 4.78 is 5.55. The number of ether oxygens (including phenoxy) is 1. The number of rotatable bonds is 9. The molecule has 0 atom stereocenters. The molecular formula is C23H30N2O3. The van der Waals surface area contributed by atoms with Crippen molar-refractivity contribution in [2.75, 3.05) is 13.1 Å². The summed E-state index contributed by atoms with van der Waals surface area (Å²) in [5.41, 5.74) is 4.34. The Bertz CT molecular complexity index is 798. The van der Waals surface area contributed by atoms with Gasteiger partial charge in [-0.25, -0.2) is 0 Å². The molecule has 2 aromatic carbocycles. The molecule has 0 aliphatic rings. The Morgan fingerprint density at radius 1 is 1.00 bits per heavy atom. The summed E-state index contributed by atoms with van der Waals surface area (Å²) in [6.45, 7) is 8.63. The van der Waals surface area contributed by atoms with Crippen LogP contribution in [0.2, 0.25) is 0 Å². The van der Waals surface area contributed by atoms with Crippen LogP contribution in [-0.4, -0.2) is 31.0 Å². The summed E-state index contributed by atoms with van der Waals surface area (Å²) in [5.74, 6) is 0.253. The van der Waals surface area contributed by atoms with Crippen molar-refractivity contribution >= 4 is 11.8 Å². The molecule has 28 heavy (non-hydrogen) atoms. The van der Waals surface area contributed by atoms with Crippen molar-refractivity contribution in [1.29, 1.82) is 0 Å². The van der Waals surface area contributed by atoms with E-state index in [1.165, 1.54) is 16.7 Å². The second kappa shape index (κ2) is 10.5. The van der Waals surface area contributed by atoms with Gasteiger partial charge in [-0.3, -0.25) is 9.59 Å². The first-order valence-electron chi connectivity index (χ1n) is 9.73. The zero-order chi connectivity index (χ0) is 20.5. The van der Waals surface area contributed by atoms with Gasteiger partial charge in [-0.05, 0) is 75.9 Å². The Labute approximate surface area is 167 Å². The maximum absolute atomic E-state index is 12.1. The lowest BCUT2D eigenvalue weighted by molar-refractivity contribution is -0.120. The first-order valence-corrected chi connectivity index (χ1v) is 9.73. The molecule has 2 amide bonds. The van der Waals surface area contributed by atoms with Crippen LogP contribution in [0.1, 0.15) is 47.3 Å². The van der Waals surface area contributed by atoms with Crippen LogP contribution in [-0.2, 0) is 11.2 Å². The molecule has 0 fully saturated rings. The van der Waals surface area contributed by atoms with Crippen LogP contribution in [0, 0.1) is 13.8 Å². The molecule has 2 aromatic rings. The minimum absolute atomic E-state index is 0.0351. The van der Waals surface area contributed by atoms with Crippen LogP contribution in [0.5, 0.6) is 5.75 Å². The van der Waals surface area contributed by atoms with Gasteiger partial charge in [0.15, 0.2) is 0 Å². The van der Waals surface area contributed by atoms with Gasteiger partial charge in [0, 0.05) is 12.1 Å². The van der Waals surface area contributed by atoms with Crippen LogP contribution in [0.25, 0.3) is 0 Å². The lowest BCUT2D eigenvalue weighted by Gasteiger charge is -2.10. The predicted octanol–water partition coefficient (Wildman–Crippen LogP) is 3.57. The fraction of sp³-hybridized carbons (Fsp3) is 0.391. The summed E-state index contributed by atoms with van der Waals surface area (Å²) in [4.78, 5) is 24.1. The fourth-order valence-corrected chi connectivity index (χ4v) is 2.92. The van der Waals surface area contributed by atoms with Gasteiger partial charge in [0.25, 0.3) is 5.91 Å². The average molecular weight is 383 g/mol. The zero-order valence-electron chi connectivity index (χ0n) is 17.2. The average Bonchev–Trinajstić information content (AvgIpc) is 2.65. The molecule has 0 saturated carbocycles. The van der Waals surface area contributed by atoms with Gasteiger partial charge in [0.05, 0.1) is 12.6 Å². The number of nitrogens with one attached hydrogen (secondary N) is 2. The molecule has 0 aliphatic carbocycles. The first kappa shape index (κ1) is 21.5. The van der Waals surface area contributed by atoms with Gasteiger partial charge in [0.2, 0.25) is 5.91 Å². The molecule has 0 bridgehead atoms. The third kappa shape index (κ3) is 7.06. The second-order valence-corrected chi connectivity index (χ2v) is 7.26. The van der Waals surface area contributed by atoms with Crippen molar-refractivity contribution in [2.24, 2.45) is 0 Å². The molecule has 0 radical (unpaired) electrons. The lowest BCUT2D eigenvalue weighted by Crippen LogP contribution is -2.37. The molecule has 5 nitrogen and oxygen atoms in total. The van der Waals surface area contributed by atoms with Crippen molar-refractivity contribution < 1.29 is 14.3 Å². The Hall–Kier alpha value is -2.82. The molecule has 2 rings (SSSR count). The molecule has 2 N–H and O–H groups in total. The van der Waals surface area contributed by atoms with E-state index in [9.17, 15) is 9.59 Å². The predicted molar refractivity (Wildman–Crippen MR) is 112 cm³/mol. The fourth-order valence-electron chi connectivity index (χ4n) is 2.92. The van der Waals surface area contributed by atoms with Crippen LogP contribution in [0.3, 0.4) is 0 Å². The molecule has 0 heterocycles. The third-order valence-electron chi connectivity index (χ3n) is 4.34. The Balaban J connectivity index is 1.68. The second-order valence-electron chi connectivity index (χ2n) is 7.26. The number of hydrogen-bond acceptors (Lipinski definition) is 3. The maximum atomic E-state index is 12.1. The SMILES string of the molecule is Cc1ccc(CCCNC(=O)CNC(=O)c2ccc(OC(C)C)cc2)c(C)c1. The van der Waals surface area contributed by atoms with E-state index in [0.717, 1.165) is 12.8 Å². The highest BCUT2D eigenvalue weighted by atomic mass is 16.5. The number of carbonyl (C=O) groups is 2. The lowest BCUT2D eigenvalue weighted by atomic mass is 10.0. The Morgan fingerprint density at radius 2 is 1.71 bits per heavy atom. The normalized spacial score (nSPS) is 10.6. The van der Waals surface area contributed by atoms with Gasteiger partial charge < -0.3 is 15.4 Å². The van der Waals surface area contributed by atoms with E-state index in [4.69, 9.17) is 4.74 Å². The van der Waals surface area contributed by atoms with Crippen LogP contribution < -0.4 is 15.4 Å². The summed E-state index contributed by atoms with van der Waals surface area (Å²) in [6.07, 6.45) is 1.86. The molecule has 5 heteroatoms. The Morgan fingerprint density at radius 3 is 2.36 bits per heavy atom. The van der Waals surface area contributed by atoms with Crippen molar-refractivity contribution in [3.8, 4) is 5.75 Å². The molecule has 150 valence electrons. The van der Waals surface area contributed by atoms with E-state index in [2.05, 4.69) is 42.7 Å². The summed E-state index contributed by atoms with van der Waals surface area (Å²) in [5, 5.41) is 5.49. The summed E-state index contributed by atoms with van der Waals surface area (Å²) >= 11 is 0. The van der Waals surface area contributed by atoms with Gasteiger partial charge in [0.1, 0.15) is 5.75 Å². The van der Waals surface area contributed by atoms with Crippen molar-refractivity contribution in [2.45, 2.75) is 46.6 Å². The largest absolute Gasteiger partial charge is 0.491 e. The molecular weight excluding hydrogens is 352 g/mol. The highest BCUT2D eigenvalue weighted by Gasteiger charge is 2.08. The third-order valence-corrected chi connectivity index (χ3v) is 4.34. The standard InChI is InChI=1S/C23H30N2O3/c1-16(2)28-21-11-9-20(10-12-21)23(27)25-15-22(26)24-13-5-6-19-8-7-17(3)14-18(19)4/h7-12,14,16H,5-6,13,15H2,1-4H3,(H,24,26)(H,25,27). The molecule has 0 aromatic heterocycles. The summed E-state index contributed by atoms with van der Waals surface area (Å²) in [7, 11) is 0. The topological polar surface area (TPSA) is 67.4 Å². The van der Waals surface area contributed by atoms with Crippen LogP contribution >= 0.6 is 0 Å². The molecule has 0 aliphatic heterocycles. The number of hydrogen-bond donors (Lipinski definition) is 2. The monoisotopic (exact) mass is 382 g/mol. The molecule has 0 saturated heterocycles. The van der Waals surface area contributed by atoms with E-state index < -0.39 is 0 Å².